The van der Waals surface area contributed by atoms with Crippen LogP contribution in [0.5, 0.6) is 0 Å². The third-order valence-electron chi connectivity index (χ3n) is 6.43. The lowest BCUT2D eigenvalue weighted by Gasteiger charge is -2.32. The minimum atomic E-state index is 0.0535. The highest BCUT2D eigenvalue weighted by Crippen LogP contribution is 2.35. The second-order valence-electron chi connectivity index (χ2n) is 8.37. The highest BCUT2D eigenvalue weighted by molar-refractivity contribution is 6.30. The van der Waals surface area contributed by atoms with Crippen molar-refractivity contribution in [2.45, 2.75) is 25.7 Å². The first-order chi connectivity index (χ1) is 15.0. The number of hydrogen-bond donors (Lipinski definition) is 0. The van der Waals surface area contributed by atoms with Crippen LogP contribution in [-0.4, -0.2) is 28.5 Å². The Morgan fingerprint density at radius 1 is 1.06 bits per heavy atom. The largest absolute Gasteiger partial charge is 0.461 e. The van der Waals surface area contributed by atoms with Crippen molar-refractivity contribution in [3.63, 3.8) is 0 Å². The predicted octanol–water partition coefficient (Wildman–Crippen LogP) is 6.42. The molecule has 0 unspecified atom stereocenters. The molecule has 0 saturated carbocycles. The molecule has 1 aliphatic heterocycles. The molecule has 1 aliphatic rings. The molecule has 2 aromatic heterocycles. The number of rotatable bonds is 3. The van der Waals surface area contributed by atoms with Crippen LogP contribution < -0.4 is 0 Å². The van der Waals surface area contributed by atoms with Crippen LogP contribution in [-0.2, 0) is 7.05 Å². The Hall–Kier alpha value is -2.98. The zero-order valence-electron chi connectivity index (χ0n) is 17.8. The number of fused-ring (bicyclic) bond motifs is 1. The van der Waals surface area contributed by atoms with Gasteiger partial charge in [-0.2, -0.15) is 0 Å². The van der Waals surface area contributed by atoms with Crippen LogP contribution >= 0.6 is 11.6 Å². The first-order valence-corrected chi connectivity index (χ1v) is 11.1. The first kappa shape index (κ1) is 20.0. The van der Waals surface area contributed by atoms with Gasteiger partial charge in [0, 0.05) is 47.8 Å². The molecule has 1 fully saturated rings. The summed E-state index contributed by atoms with van der Waals surface area (Å²) in [4.78, 5) is 15.2. The molecule has 158 valence electrons. The molecule has 0 radical (unpaired) electrons. The van der Waals surface area contributed by atoms with Crippen molar-refractivity contribution in [2.24, 2.45) is 7.05 Å². The Labute approximate surface area is 187 Å². The maximum absolute atomic E-state index is 13.2. The molecule has 0 atom stereocenters. The highest BCUT2D eigenvalue weighted by atomic mass is 35.5. The molecule has 0 N–H and O–H groups in total. The Balaban J connectivity index is 1.32. The van der Waals surface area contributed by atoms with Crippen molar-refractivity contribution in [1.82, 2.24) is 9.47 Å². The summed E-state index contributed by atoms with van der Waals surface area (Å²) >= 11 is 5.98. The highest BCUT2D eigenvalue weighted by Gasteiger charge is 2.28. The number of halogens is 1. The standard InChI is InChI=1S/C26H25ClN2O2/c1-17-22(15-25(31-17)19-7-9-20(27)10-8-19)26(30)29-13-11-18(12-14-29)23-16-28(2)24-6-4-3-5-21(23)24/h3-10,15-16,18H,11-14H2,1-2H3. The maximum Gasteiger partial charge on any atom is 0.257 e. The minimum Gasteiger partial charge on any atom is -0.461 e. The van der Waals surface area contributed by atoms with E-state index in [1.807, 2.05) is 42.2 Å². The van der Waals surface area contributed by atoms with Crippen LogP contribution in [0, 0.1) is 6.92 Å². The second kappa shape index (κ2) is 7.93. The molecule has 0 spiro atoms. The normalized spacial score (nSPS) is 15.0. The topological polar surface area (TPSA) is 38.4 Å². The summed E-state index contributed by atoms with van der Waals surface area (Å²) in [6, 6.07) is 17.9. The lowest BCUT2D eigenvalue weighted by molar-refractivity contribution is 0.0711. The monoisotopic (exact) mass is 432 g/mol. The van der Waals surface area contributed by atoms with E-state index in [1.165, 1.54) is 16.5 Å². The van der Waals surface area contributed by atoms with E-state index in [9.17, 15) is 4.79 Å². The second-order valence-corrected chi connectivity index (χ2v) is 8.80. The van der Waals surface area contributed by atoms with Gasteiger partial charge < -0.3 is 13.9 Å². The quantitative estimate of drug-likeness (QED) is 0.374. The van der Waals surface area contributed by atoms with Crippen molar-refractivity contribution >= 4 is 28.4 Å². The summed E-state index contributed by atoms with van der Waals surface area (Å²) in [5, 5.41) is 2.01. The lowest BCUT2D eigenvalue weighted by Crippen LogP contribution is -2.38. The van der Waals surface area contributed by atoms with E-state index >= 15 is 0 Å². The van der Waals surface area contributed by atoms with Gasteiger partial charge in [0.1, 0.15) is 11.5 Å². The molecular formula is C26H25ClN2O2. The summed E-state index contributed by atoms with van der Waals surface area (Å²) in [6.45, 7) is 3.37. The fourth-order valence-electron chi connectivity index (χ4n) is 4.71. The van der Waals surface area contributed by atoms with Crippen LogP contribution in [0.4, 0.5) is 0 Å². The predicted molar refractivity (Wildman–Crippen MR) is 125 cm³/mol. The maximum atomic E-state index is 13.2. The number of carbonyl (C=O) groups is 1. The number of para-hydroxylation sites is 1. The van der Waals surface area contributed by atoms with Gasteiger partial charge in [0.25, 0.3) is 5.91 Å². The molecule has 1 amide bonds. The summed E-state index contributed by atoms with van der Waals surface area (Å²) < 4.78 is 8.10. The Bertz CT molecular complexity index is 1240. The fourth-order valence-corrected chi connectivity index (χ4v) is 4.84. The summed E-state index contributed by atoms with van der Waals surface area (Å²) in [5.41, 5.74) is 4.23. The molecule has 3 heterocycles. The molecule has 0 bridgehead atoms. The Morgan fingerprint density at radius 3 is 2.52 bits per heavy atom. The number of piperidine rings is 1. The number of nitrogens with zero attached hydrogens (tertiary/aromatic N) is 2. The van der Waals surface area contributed by atoms with Gasteiger partial charge in [-0.3, -0.25) is 4.79 Å². The van der Waals surface area contributed by atoms with Crippen molar-refractivity contribution in [3.05, 3.63) is 82.7 Å². The van der Waals surface area contributed by atoms with Gasteiger partial charge in [0.15, 0.2) is 0 Å². The number of likely N-dealkylation sites (tertiary alicyclic amines) is 1. The molecule has 31 heavy (non-hydrogen) atoms. The first-order valence-electron chi connectivity index (χ1n) is 10.7. The van der Waals surface area contributed by atoms with Crippen LogP contribution in [0.2, 0.25) is 5.02 Å². The number of benzene rings is 2. The zero-order chi connectivity index (χ0) is 21.5. The van der Waals surface area contributed by atoms with Crippen LogP contribution in [0.1, 0.15) is 40.4 Å². The van der Waals surface area contributed by atoms with E-state index in [2.05, 4.69) is 42.1 Å². The lowest BCUT2D eigenvalue weighted by atomic mass is 9.89. The molecule has 4 nitrogen and oxygen atoms in total. The average Bonchev–Trinajstić information content (AvgIpc) is 3.34. The van der Waals surface area contributed by atoms with Crippen molar-refractivity contribution in [1.29, 1.82) is 0 Å². The number of amides is 1. The van der Waals surface area contributed by atoms with E-state index in [1.54, 1.807) is 0 Å². The van der Waals surface area contributed by atoms with Crippen LogP contribution in [0.3, 0.4) is 0 Å². The summed E-state index contributed by atoms with van der Waals surface area (Å²) in [6.07, 6.45) is 4.20. The van der Waals surface area contributed by atoms with Crippen LogP contribution in [0.15, 0.2) is 65.2 Å². The third-order valence-corrected chi connectivity index (χ3v) is 6.68. The van der Waals surface area contributed by atoms with E-state index in [-0.39, 0.29) is 5.91 Å². The van der Waals surface area contributed by atoms with Crippen LogP contribution in [0.25, 0.3) is 22.2 Å². The van der Waals surface area contributed by atoms with Gasteiger partial charge in [-0.05, 0) is 67.6 Å². The van der Waals surface area contributed by atoms with E-state index in [0.29, 0.717) is 28.0 Å². The van der Waals surface area contributed by atoms with E-state index in [4.69, 9.17) is 16.0 Å². The van der Waals surface area contributed by atoms with Gasteiger partial charge in [-0.1, -0.05) is 29.8 Å². The molecule has 1 saturated heterocycles. The SMILES string of the molecule is Cc1oc(-c2ccc(Cl)cc2)cc1C(=O)N1CCC(c2cn(C)c3ccccc23)CC1. The average molecular weight is 433 g/mol. The molecule has 5 rings (SSSR count). The summed E-state index contributed by atoms with van der Waals surface area (Å²) in [7, 11) is 2.10. The molecule has 4 aromatic rings. The molecule has 5 heteroatoms. The van der Waals surface area contributed by atoms with E-state index < -0.39 is 0 Å². The number of furan rings is 1. The third kappa shape index (κ3) is 3.66. The van der Waals surface area contributed by atoms with Crippen molar-refractivity contribution in [2.75, 3.05) is 13.1 Å². The Kier molecular flexibility index (Phi) is 5.11. The van der Waals surface area contributed by atoms with Gasteiger partial charge in [-0.15, -0.1) is 0 Å². The van der Waals surface area contributed by atoms with Gasteiger partial charge in [0.2, 0.25) is 0 Å². The molecule has 0 aliphatic carbocycles. The molecule has 2 aromatic carbocycles. The summed E-state index contributed by atoms with van der Waals surface area (Å²) in [5.74, 6) is 1.89. The van der Waals surface area contributed by atoms with Gasteiger partial charge in [0.05, 0.1) is 5.56 Å². The smallest absolute Gasteiger partial charge is 0.257 e. The minimum absolute atomic E-state index is 0.0535. The van der Waals surface area contributed by atoms with Gasteiger partial charge >= 0.3 is 0 Å². The van der Waals surface area contributed by atoms with E-state index in [0.717, 1.165) is 31.5 Å². The number of hydrogen-bond acceptors (Lipinski definition) is 2. The number of carbonyl (C=O) groups excluding carboxylic acids is 1. The number of aromatic nitrogens is 1. The molecular weight excluding hydrogens is 408 g/mol. The van der Waals surface area contributed by atoms with Gasteiger partial charge in [-0.25, -0.2) is 0 Å². The fraction of sp³-hybridized carbons (Fsp3) is 0.269. The van der Waals surface area contributed by atoms with Crippen molar-refractivity contribution < 1.29 is 9.21 Å². The zero-order valence-corrected chi connectivity index (χ0v) is 18.5. The van der Waals surface area contributed by atoms with Crippen molar-refractivity contribution in [3.8, 4) is 11.3 Å². The number of aryl methyl sites for hydroxylation is 2. The Morgan fingerprint density at radius 2 is 1.77 bits per heavy atom.